The first-order chi connectivity index (χ1) is 24.0. The highest BCUT2D eigenvalue weighted by Gasteiger charge is 2.61. The highest BCUT2D eigenvalue weighted by Crippen LogP contribution is 2.52. The Balaban J connectivity index is 1.39. The number of para-hydroxylation sites is 1. The predicted octanol–water partition coefficient (Wildman–Crippen LogP) is 4.84. The standard InChI is InChI=1S/C36H39F2N5O6S/c1-3-15-40-18-20-41(21-19-40)27-13-16-42(17-14-27)35(45)49-36(28-7-5-6-8-32(28)48-4-2)29-22-25(24-39)9-11-31(29)43(34(36)44)50(46,47)33-12-10-26(37)23-30(33)38/h5-12,22-23,27H,3-4,13-21H2,1-2H3. The van der Waals surface area contributed by atoms with E-state index in [1.165, 1.54) is 29.2 Å². The van der Waals surface area contributed by atoms with Gasteiger partial charge in [-0.2, -0.15) is 9.57 Å². The van der Waals surface area contributed by atoms with E-state index in [2.05, 4.69) is 16.7 Å². The van der Waals surface area contributed by atoms with E-state index in [-0.39, 0.29) is 40.8 Å². The zero-order valence-corrected chi connectivity index (χ0v) is 28.8. The molecule has 0 spiro atoms. The summed E-state index contributed by atoms with van der Waals surface area (Å²) >= 11 is 0. The summed E-state index contributed by atoms with van der Waals surface area (Å²) in [5.74, 6) is -3.53. The van der Waals surface area contributed by atoms with E-state index in [0.717, 1.165) is 51.3 Å². The zero-order chi connectivity index (χ0) is 35.6. The molecule has 3 aliphatic rings. The third-order valence-corrected chi connectivity index (χ3v) is 11.3. The summed E-state index contributed by atoms with van der Waals surface area (Å²) in [4.78, 5) is 34.5. The number of ether oxygens (including phenoxy) is 2. The van der Waals surface area contributed by atoms with E-state index in [1.807, 2.05) is 6.07 Å². The summed E-state index contributed by atoms with van der Waals surface area (Å²) in [6.07, 6.45) is 1.60. The fraction of sp³-hybridized carbons (Fsp3) is 0.417. The second-order valence-corrected chi connectivity index (χ2v) is 14.3. The van der Waals surface area contributed by atoms with Crippen LogP contribution in [0.15, 0.2) is 65.6 Å². The summed E-state index contributed by atoms with van der Waals surface area (Å²) < 4.78 is 69.7. The fourth-order valence-electron chi connectivity index (χ4n) is 7.18. The average Bonchev–Trinajstić information content (AvgIpc) is 3.36. The minimum absolute atomic E-state index is 0.0219. The summed E-state index contributed by atoms with van der Waals surface area (Å²) in [6.45, 7) is 9.66. The van der Waals surface area contributed by atoms with Crippen LogP contribution in [0.2, 0.25) is 0 Å². The number of likely N-dealkylation sites (tertiary alicyclic amines) is 1. The highest BCUT2D eigenvalue weighted by molar-refractivity contribution is 7.93. The summed E-state index contributed by atoms with van der Waals surface area (Å²) in [6, 6.07) is 14.2. The number of carbonyl (C=O) groups is 2. The van der Waals surface area contributed by atoms with E-state index in [0.29, 0.717) is 36.3 Å². The van der Waals surface area contributed by atoms with Crippen molar-refractivity contribution >= 4 is 27.7 Å². The molecular formula is C36H39F2N5O6S. The molecule has 2 amide bonds. The second-order valence-electron chi connectivity index (χ2n) is 12.6. The third-order valence-electron chi connectivity index (χ3n) is 9.61. The van der Waals surface area contributed by atoms with E-state index < -0.39 is 44.2 Å². The number of rotatable bonds is 9. The number of hydrogen-bond donors (Lipinski definition) is 0. The molecule has 0 radical (unpaired) electrons. The van der Waals surface area contributed by atoms with Gasteiger partial charge >= 0.3 is 6.09 Å². The van der Waals surface area contributed by atoms with Crippen molar-refractivity contribution in [1.29, 1.82) is 5.26 Å². The molecule has 3 aromatic carbocycles. The Kier molecular flexibility index (Phi) is 10.1. The van der Waals surface area contributed by atoms with Crippen LogP contribution in [0.4, 0.5) is 19.3 Å². The Hall–Kier alpha value is -4.58. The summed E-state index contributed by atoms with van der Waals surface area (Å²) in [5, 5.41) is 9.84. The topological polar surface area (TPSA) is 123 Å². The molecule has 264 valence electrons. The van der Waals surface area contributed by atoms with E-state index in [1.54, 1.807) is 25.1 Å². The van der Waals surface area contributed by atoms with Crippen LogP contribution < -0.4 is 9.04 Å². The van der Waals surface area contributed by atoms with Crippen molar-refractivity contribution in [2.75, 3.05) is 56.7 Å². The fourth-order valence-corrected chi connectivity index (χ4v) is 8.69. The number of carbonyl (C=O) groups excluding carboxylic acids is 2. The highest BCUT2D eigenvalue weighted by atomic mass is 32.2. The van der Waals surface area contributed by atoms with Crippen molar-refractivity contribution in [2.24, 2.45) is 0 Å². The van der Waals surface area contributed by atoms with Gasteiger partial charge in [0.2, 0.25) is 5.60 Å². The maximum absolute atomic E-state index is 15.1. The first kappa shape index (κ1) is 35.3. The Morgan fingerprint density at radius 2 is 1.68 bits per heavy atom. The summed E-state index contributed by atoms with van der Waals surface area (Å²) in [5.41, 5.74) is -2.75. The van der Waals surface area contributed by atoms with Crippen molar-refractivity contribution in [2.45, 2.75) is 49.6 Å². The number of amides is 2. The second kappa shape index (κ2) is 14.3. The molecule has 1 atom stereocenters. The van der Waals surface area contributed by atoms with E-state index >= 15 is 4.39 Å². The lowest BCUT2D eigenvalue weighted by Gasteiger charge is -2.43. The van der Waals surface area contributed by atoms with Crippen LogP contribution in [0.3, 0.4) is 0 Å². The first-order valence-corrected chi connectivity index (χ1v) is 18.2. The van der Waals surface area contributed by atoms with Crippen LogP contribution in [-0.4, -0.2) is 93.6 Å². The quantitative estimate of drug-likeness (QED) is 0.307. The Bertz CT molecular complexity index is 1920. The number of halogens is 2. The largest absolute Gasteiger partial charge is 0.493 e. The molecule has 0 saturated carbocycles. The van der Waals surface area contributed by atoms with Gasteiger partial charge in [-0.25, -0.2) is 22.0 Å². The van der Waals surface area contributed by atoms with Gasteiger partial charge in [0.1, 0.15) is 22.3 Å². The molecular weight excluding hydrogens is 668 g/mol. The number of piperidine rings is 1. The van der Waals surface area contributed by atoms with Gasteiger partial charge in [0.25, 0.3) is 15.9 Å². The molecule has 14 heteroatoms. The van der Waals surface area contributed by atoms with Crippen LogP contribution >= 0.6 is 0 Å². The van der Waals surface area contributed by atoms with Crippen molar-refractivity contribution in [3.63, 3.8) is 0 Å². The van der Waals surface area contributed by atoms with Gasteiger partial charge < -0.3 is 19.3 Å². The number of sulfonamides is 1. The molecule has 2 fully saturated rings. The Morgan fingerprint density at radius 1 is 0.960 bits per heavy atom. The molecule has 1 unspecified atom stereocenters. The molecule has 50 heavy (non-hydrogen) atoms. The molecule has 11 nitrogen and oxygen atoms in total. The molecule has 6 rings (SSSR count). The number of anilines is 1. The zero-order valence-electron chi connectivity index (χ0n) is 28.0. The maximum atomic E-state index is 15.1. The van der Waals surface area contributed by atoms with E-state index in [9.17, 15) is 27.7 Å². The van der Waals surface area contributed by atoms with Crippen LogP contribution in [-0.2, 0) is 25.2 Å². The van der Waals surface area contributed by atoms with Crippen LogP contribution in [0.1, 0.15) is 49.8 Å². The summed E-state index contributed by atoms with van der Waals surface area (Å²) in [7, 11) is -5.06. The molecule has 0 aliphatic carbocycles. The maximum Gasteiger partial charge on any atom is 0.411 e. The van der Waals surface area contributed by atoms with Gasteiger partial charge in [0.05, 0.1) is 29.5 Å². The Labute approximate surface area is 290 Å². The smallest absolute Gasteiger partial charge is 0.411 e. The molecule has 0 aromatic heterocycles. The van der Waals surface area contributed by atoms with Crippen molar-refractivity contribution in [1.82, 2.24) is 14.7 Å². The average molecular weight is 708 g/mol. The molecule has 0 bridgehead atoms. The van der Waals surface area contributed by atoms with Crippen LogP contribution in [0.5, 0.6) is 5.75 Å². The number of hydrogen-bond acceptors (Lipinski definition) is 9. The minimum Gasteiger partial charge on any atom is -0.493 e. The SMILES string of the molecule is CCCN1CCN(C2CCN(C(=O)OC3(c4ccccc4OCC)C(=O)N(S(=O)(=O)c4ccc(F)cc4F)c4ccc(C#N)cc43)CC2)CC1. The van der Waals surface area contributed by atoms with E-state index in [4.69, 9.17) is 9.47 Å². The number of nitriles is 1. The van der Waals surface area contributed by atoms with Crippen LogP contribution in [0, 0.1) is 23.0 Å². The Morgan fingerprint density at radius 3 is 2.34 bits per heavy atom. The van der Waals surface area contributed by atoms with Gasteiger partial charge in [-0.15, -0.1) is 0 Å². The predicted molar refractivity (Wildman–Crippen MR) is 180 cm³/mol. The lowest BCUT2D eigenvalue weighted by molar-refractivity contribution is -0.132. The minimum atomic E-state index is -5.06. The lowest BCUT2D eigenvalue weighted by atomic mass is 9.85. The molecule has 3 aliphatic heterocycles. The van der Waals surface area contributed by atoms with Crippen LogP contribution in [0.25, 0.3) is 0 Å². The van der Waals surface area contributed by atoms with Gasteiger partial charge in [-0.05, 0) is 69.1 Å². The number of piperazine rings is 1. The van der Waals surface area contributed by atoms with Crippen molar-refractivity contribution in [3.05, 3.63) is 89.0 Å². The van der Waals surface area contributed by atoms with Gasteiger partial charge in [-0.3, -0.25) is 9.69 Å². The number of benzene rings is 3. The molecule has 2 saturated heterocycles. The van der Waals surface area contributed by atoms with Gasteiger partial charge in [0, 0.05) is 56.9 Å². The van der Waals surface area contributed by atoms with Crippen molar-refractivity contribution in [3.8, 4) is 11.8 Å². The van der Waals surface area contributed by atoms with Gasteiger partial charge in [0.15, 0.2) is 0 Å². The number of fused-ring (bicyclic) bond motifs is 1. The van der Waals surface area contributed by atoms with Crippen molar-refractivity contribution < 1.29 is 36.3 Å². The lowest BCUT2D eigenvalue weighted by Crippen LogP contribution is -2.54. The third kappa shape index (κ3) is 6.29. The van der Waals surface area contributed by atoms with Gasteiger partial charge in [-0.1, -0.05) is 25.1 Å². The molecule has 0 N–H and O–H groups in total. The normalized spacial score (nSPS) is 20.4. The molecule has 3 aromatic rings. The number of nitrogens with zero attached hydrogens (tertiary/aromatic N) is 5. The molecule has 3 heterocycles. The monoisotopic (exact) mass is 707 g/mol. The first-order valence-electron chi connectivity index (χ1n) is 16.8.